The van der Waals surface area contributed by atoms with Crippen LogP contribution in [0.1, 0.15) is 56.4 Å². The second-order valence-corrected chi connectivity index (χ2v) is 12.2. The number of hydrogen-bond acceptors (Lipinski definition) is 10. The molecule has 48 heavy (non-hydrogen) atoms. The number of carbonyl (C=O) groups excluding carboxylic acids is 4. The third-order valence-electron chi connectivity index (χ3n) is 7.99. The van der Waals surface area contributed by atoms with Crippen LogP contribution in [0.3, 0.4) is 0 Å². The Kier molecular flexibility index (Phi) is 12.5. The van der Waals surface area contributed by atoms with Gasteiger partial charge in [0.2, 0.25) is 5.91 Å². The summed E-state index contributed by atoms with van der Waals surface area (Å²) in [5.74, 6) is -1.82. The summed E-state index contributed by atoms with van der Waals surface area (Å²) in [4.78, 5) is 57.9. The maximum absolute atomic E-state index is 13.6. The molecule has 2 aliphatic heterocycles. The minimum Gasteiger partial charge on any atom is -0.460 e. The SMILES string of the molecule is C=C1Cc2nc(co2)C(=O)N2CCC[C@@H]2C(=O)O[C@H]([C@@H](C)COC(=O)Nc2ccn(C)n2)[C@H](C)/C=C/C(=O)NC/C=C/C(C)=C/[C@@H](O)C1. The molecule has 0 spiro atoms. The first-order valence-corrected chi connectivity index (χ1v) is 15.9. The number of rotatable bonds is 4. The van der Waals surface area contributed by atoms with Gasteiger partial charge in [-0.2, -0.15) is 5.10 Å². The molecule has 3 amide bonds. The van der Waals surface area contributed by atoms with E-state index in [9.17, 15) is 24.3 Å². The molecular formula is C34H44N6O8. The Morgan fingerprint density at radius 3 is 2.83 bits per heavy atom. The fraction of sp³-hybridized carbons (Fsp3) is 0.471. The topological polar surface area (TPSA) is 178 Å². The van der Waals surface area contributed by atoms with Gasteiger partial charge in [0, 0.05) is 50.7 Å². The van der Waals surface area contributed by atoms with Crippen molar-refractivity contribution >= 4 is 29.7 Å². The second kappa shape index (κ2) is 16.7. The lowest BCUT2D eigenvalue weighted by molar-refractivity contribution is -0.159. The van der Waals surface area contributed by atoms with Gasteiger partial charge in [-0.15, -0.1) is 0 Å². The largest absolute Gasteiger partial charge is 0.460 e. The van der Waals surface area contributed by atoms with Crippen LogP contribution in [0.15, 0.2) is 71.0 Å². The zero-order valence-electron chi connectivity index (χ0n) is 27.8. The van der Waals surface area contributed by atoms with Crippen LogP contribution in [0.2, 0.25) is 0 Å². The third kappa shape index (κ3) is 10.3. The van der Waals surface area contributed by atoms with Gasteiger partial charge in [-0.25, -0.2) is 14.6 Å². The van der Waals surface area contributed by atoms with Crippen molar-refractivity contribution in [2.75, 3.05) is 25.0 Å². The number of aliphatic hydroxyl groups excluding tert-OH is 1. The van der Waals surface area contributed by atoms with Gasteiger partial charge in [0.15, 0.2) is 17.4 Å². The van der Waals surface area contributed by atoms with E-state index in [2.05, 4.69) is 27.3 Å². The number of carbonyl (C=O) groups is 4. The Hall–Kier alpha value is -4.98. The van der Waals surface area contributed by atoms with Crippen molar-refractivity contribution in [3.8, 4) is 0 Å². The zero-order chi connectivity index (χ0) is 34.8. The third-order valence-corrected chi connectivity index (χ3v) is 7.99. The highest BCUT2D eigenvalue weighted by Crippen LogP contribution is 2.26. The number of aryl methyl sites for hydroxylation is 1. The van der Waals surface area contributed by atoms with E-state index in [4.69, 9.17) is 13.9 Å². The van der Waals surface area contributed by atoms with Crippen molar-refractivity contribution in [1.82, 2.24) is 25.0 Å². The number of esters is 1. The molecule has 4 rings (SSSR count). The molecule has 3 N–H and O–H groups in total. The number of aromatic nitrogens is 3. The van der Waals surface area contributed by atoms with Gasteiger partial charge in [0.1, 0.15) is 18.4 Å². The minimum absolute atomic E-state index is 0.0527. The second-order valence-electron chi connectivity index (χ2n) is 12.2. The fourth-order valence-corrected chi connectivity index (χ4v) is 5.58. The number of anilines is 1. The molecule has 0 radical (unpaired) electrons. The lowest BCUT2D eigenvalue weighted by Crippen LogP contribution is -2.44. The van der Waals surface area contributed by atoms with Gasteiger partial charge in [-0.05, 0) is 32.3 Å². The average Bonchev–Trinajstić information content (AvgIpc) is 3.80. The number of oxazole rings is 1. The van der Waals surface area contributed by atoms with E-state index in [1.807, 2.05) is 6.92 Å². The van der Waals surface area contributed by atoms with E-state index in [-0.39, 0.29) is 43.5 Å². The van der Waals surface area contributed by atoms with Crippen LogP contribution in [0, 0.1) is 11.8 Å². The highest BCUT2D eigenvalue weighted by molar-refractivity contribution is 5.95. The van der Waals surface area contributed by atoms with Crippen LogP contribution >= 0.6 is 0 Å². The standard InChI is InChI=1S/C34H44N6O8/c1-21-8-6-13-35-29(42)11-10-23(3)31(24(4)19-47-34(45)37-28-12-15-39(5)38-28)48-33(44)27-9-7-14-40(27)32(43)26-20-46-30(36-26)18-22(2)17-25(41)16-21/h6,8,10-12,15-16,20,23-25,27,31,41H,2,7,9,13-14,17-19H2,1,3-5H3,(H,35,42)(H,37,38,45)/b8-6+,11-10+,21-16+/t23-,24+,25-,27-,31+/m1/s1. The molecule has 1 saturated heterocycles. The molecule has 0 aromatic carbocycles. The lowest BCUT2D eigenvalue weighted by Gasteiger charge is -2.30. The van der Waals surface area contributed by atoms with Crippen molar-refractivity contribution in [2.24, 2.45) is 18.9 Å². The van der Waals surface area contributed by atoms with Gasteiger partial charge < -0.3 is 29.2 Å². The van der Waals surface area contributed by atoms with Gasteiger partial charge in [0.05, 0.1) is 12.7 Å². The molecule has 2 bridgehead atoms. The molecular weight excluding hydrogens is 620 g/mol. The summed E-state index contributed by atoms with van der Waals surface area (Å²) in [6.07, 6.45) is 10.3. The average molecular weight is 665 g/mol. The Bertz CT molecular complexity index is 1570. The zero-order valence-corrected chi connectivity index (χ0v) is 27.8. The summed E-state index contributed by atoms with van der Waals surface area (Å²) in [6, 6.07) is 0.751. The van der Waals surface area contributed by atoms with Crippen molar-refractivity contribution in [2.45, 2.75) is 64.7 Å². The predicted octanol–water partition coefficient (Wildman–Crippen LogP) is 3.48. The van der Waals surface area contributed by atoms with Crippen LogP contribution in [-0.4, -0.2) is 86.6 Å². The summed E-state index contributed by atoms with van der Waals surface area (Å²) in [5, 5.41) is 19.9. The van der Waals surface area contributed by atoms with E-state index in [1.54, 1.807) is 57.5 Å². The van der Waals surface area contributed by atoms with Crippen LogP contribution in [0.5, 0.6) is 0 Å². The molecule has 0 aliphatic carbocycles. The van der Waals surface area contributed by atoms with Gasteiger partial charge in [-0.3, -0.25) is 19.6 Å². The maximum atomic E-state index is 13.6. The Labute approximate surface area is 279 Å². The molecule has 14 heteroatoms. The number of cyclic esters (lactones) is 1. The highest BCUT2D eigenvalue weighted by atomic mass is 16.6. The van der Waals surface area contributed by atoms with E-state index >= 15 is 0 Å². The van der Waals surface area contributed by atoms with Gasteiger partial charge in [0.25, 0.3) is 5.91 Å². The summed E-state index contributed by atoms with van der Waals surface area (Å²) in [7, 11) is 1.72. The van der Waals surface area contributed by atoms with Crippen molar-refractivity contribution in [3.63, 3.8) is 0 Å². The van der Waals surface area contributed by atoms with Crippen LogP contribution < -0.4 is 10.6 Å². The number of allylic oxidation sites excluding steroid dienone is 2. The first-order chi connectivity index (χ1) is 22.9. The number of amides is 3. The lowest BCUT2D eigenvalue weighted by atomic mass is 9.93. The summed E-state index contributed by atoms with van der Waals surface area (Å²) in [6.45, 7) is 9.87. The number of nitrogens with one attached hydrogen (secondary N) is 2. The molecule has 5 atom stereocenters. The molecule has 258 valence electrons. The number of fused-ring (bicyclic) bond motifs is 3. The van der Waals surface area contributed by atoms with E-state index < -0.39 is 48.1 Å². The van der Waals surface area contributed by atoms with Gasteiger partial charge in [-0.1, -0.05) is 55.9 Å². The summed E-state index contributed by atoms with van der Waals surface area (Å²) in [5.41, 5.74) is 1.51. The van der Waals surface area contributed by atoms with Crippen LogP contribution in [0.4, 0.5) is 10.6 Å². The molecule has 2 aromatic rings. The Morgan fingerprint density at radius 2 is 2.08 bits per heavy atom. The fourth-order valence-electron chi connectivity index (χ4n) is 5.58. The summed E-state index contributed by atoms with van der Waals surface area (Å²) < 4.78 is 18.5. The molecule has 1 fully saturated rings. The van der Waals surface area contributed by atoms with Crippen molar-refractivity contribution in [1.29, 1.82) is 0 Å². The first kappa shape index (κ1) is 35.9. The number of nitrogens with zero attached hydrogens (tertiary/aromatic N) is 4. The van der Waals surface area contributed by atoms with E-state index in [1.165, 1.54) is 21.9 Å². The molecule has 0 unspecified atom stereocenters. The Morgan fingerprint density at radius 1 is 1.29 bits per heavy atom. The predicted molar refractivity (Wildman–Crippen MR) is 175 cm³/mol. The van der Waals surface area contributed by atoms with E-state index in [0.717, 1.165) is 5.57 Å². The monoisotopic (exact) mass is 664 g/mol. The molecule has 2 aromatic heterocycles. The summed E-state index contributed by atoms with van der Waals surface area (Å²) >= 11 is 0. The maximum Gasteiger partial charge on any atom is 0.412 e. The molecule has 4 heterocycles. The normalized spacial score (nSPS) is 26.4. The first-order valence-electron chi connectivity index (χ1n) is 15.9. The van der Waals surface area contributed by atoms with Gasteiger partial charge >= 0.3 is 12.1 Å². The quantitative estimate of drug-likeness (QED) is 0.324. The van der Waals surface area contributed by atoms with Crippen molar-refractivity contribution in [3.05, 3.63) is 78.2 Å². The van der Waals surface area contributed by atoms with Crippen LogP contribution in [0.25, 0.3) is 0 Å². The molecule has 14 nitrogen and oxygen atoms in total. The van der Waals surface area contributed by atoms with Crippen LogP contribution in [-0.2, 0) is 32.5 Å². The number of ether oxygens (including phenoxy) is 2. The Balaban J connectivity index is 1.54. The number of hydrogen-bond donors (Lipinski definition) is 3. The highest BCUT2D eigenvalue weighted by Gasteiger charge is 2.39. The molecule has 2 aliphatic rings. The van der Waals surface area contributed by atoms with E-state index in [0.29, 0.717) is 30.8 Å². The smallest absolute Gasteiger partial charge is 0.412 e. The minimum atomic E-state index is -0.867. The molecule has 0 saturated carbocycles. The van der Waals surface area contributed by atoms with Crippen molar-refractivity contribution < 1.29 is 38.2 Å². The number of aliphatic hydroxyl groups is 1.